The van der Waals surface area contributed by atoms with E-state index in [9.17, 15) is 14.7 Å². The lowest BCUT2D eigenvalue weighted by molar-refractivity contribution is -0.165. The van der Waals surface area contributed by atoms with E-state index in [0.717, 1.165) is 0 Å². The number of amides is 1. The minimum atomic E-state index is -1.36. The number of aliphatic carboxylic acids is 1. The number of carbonyl (C=O) groups excluding carboxylic acids is 1. The third kappa shape index (κ3) is 4.15. The maximum atomic E-state index is 12.5. The van der Waals surface area contributed by atoms with Crippen molar-refractivity contribution >= 4 is 40.8 Å². The molecule has 5 rings (SSSR count). The summed E-state index contributed by atoms with van der Waals surface area (Å²) in [5.74, 6) is 4.12. The molecule has 0 aliphatic carbocycles. The summed E-state index contributed by atoms with van der Waals surface area (Å²) in [6, 6.07) is 7.03. The van der Waals surface area contributed by atoms with Crippen LogP contribution in [0.3, 0.4) is 0 Å². The highest BCUT2D eigenvalue weighted by atomic mass is 35.5. The first-order valence-electron chi connectivity index (χ1n) is 10.6. The Labute approximate surface area is 207 Å². The molecule has 12 nitrogen and oxygen atoms in total. The van der Waals surface area contributed by atoms with Gasteiger partial charge in [0.25, 0.3) is 17.3 Å². The highest BCUT2D eigenvalue weighted by Gasteiger charge is 2.52. The number of rotatable bonds is 5. The molecule has 1 fully saturated rings. The molecule has 1 aliphatic heterocycles. The number of halogens is 1. The Morgan fingerprint density at radius 2 is 1.94 bits per heavy atom. The van der Waals surface area contributed by atoms with Crippen LogP contribution in [-0.4, -0.2) is 45.5 Å². The summed E-state index contributed by atoms with van der Waals surface area (Å²) < 4.78 is 26.5. The lowest BCUT2D eigenvalue weighted by Gasteiger charge is -2.33. The minimum absolute atomic E-state index is 0.00828. The second-order valence-corrected chi connectivity index (χ2v) is 8.35. The van der Waals surface area contributed by atoms with Gasteiger partial charge in [-0.25, -0.2) is 4.79 Å². The van der Waals surface area contributed by atoms with Crippen molar-refractivity contribution in [3.63, 3.8) is 0 Å². The normalized spacial score (nSPS) is 15.0. The fourth-order valence-electron chi connectivity index (χ4n) is 3.42. The largest absolute Gasteiger partial charge is 0.480 e. The van der Waals surface area contributed by atoms with Crippen LogP contribution in [0.2, 0.25) is 5.02 Å². The van der Waals surface area contributed by atoms with E-state index in [1.165, 1.54) is 0 Å². The third-order valence-electron chi connectivity index (χ3n) is 5.49. The first-order valence-corrected chi connectivity index (χ1v) is 10.9. The number of carboxylic acids is 1. The second kappa shape index (κ2) is 9.03. The smallest absolute Gasteiger partial charge is 0.412 e. The number of aromatic nitrogens is 3. The Morgan fingerprint density at radius 3 is 2.61 bits per heavy atom. The third-order valence-corrected chi connectivity index (χ3v) is 5.84. The van der Waals surface area contributed by atoms with Crippen molar-refractivity contribution in [1.82, 2.24) is 15.1 Å². The summed E-state index contributed by atoms with van der Waals surface area (Å²) in [5, 5.41) is 16.3. The van der Waals surface area contributed by atoms with Gasteiger partial charge in [-0.3, -0.25) is 10.1 Å². The molecule has 4 aromatic rings. The lowest BCUT2D eigenvalue weighted by Crippen LogP contribution is -2.53. The molecular weight excluding hydrogens is 496 g/mol. The summed E-state index contributed by atoms with van der Waals surface area (Å²) in [6.45, 7) is 3.20. The van der Waals surface area contributed by atoms with Crippen molar-refractivity contribution in [3.8, 4) is 11.8 Å². The zero-order chi connectivity index (χ0) is 25.4. The van der Waals surface area contributed by atoms with Crippen LogP contribution in [0.25, 0.3) is 11.4 Å². The molecule has 1 amide bonds. The fourth-order valence-corrected chi connectivity index (χ4v) is 3.71. The molecule has 1 aromatic carbocycles. The van der Waals surface area contributed by atoms with Gasteiger partial charge >= 0.3 is 12.1 Å². The van der Waals surface area contributed by atoms with Crippen LogP contribution in [-0.2, 0) is 19.7 Å². The number of hydrogen-bond acceptors (Lipinski definition) is 10. The van der Waals surface area contributed by atoms with Crippen LogP contribution in [0, 0.1) is 18.8 Å². The average molecular weight is 513 g/mol. The van der Waals surface area contributed by atoms with E-state index in [1.54, 1.807) is 38.1 Å². The van der Waals surface area contributed by atoms with E-state index in [1.807, 2.05) is 0 Å². The van der Waals surface area contributed by atoms with Crippen LogP contribution >= 0.6 is 11.6 Å². The van der Waals surface area contributed by atoms with Crippen molar-refractivity contribution in [2.24, 2.45) is 0 Å². The number of carboxylic acid groups (broad SMARTS) is 1. The quantitative estimate of drug-likeness (QED) is 0.373. The molecule has 0 bridgehead atoms. The zero-order valence-electron chi connectivity index (χ0n) is 18.8. The molecule has 0 saturated carbocycles. The van der Waals surface area contributed by atoms with Crippen LogP contribution in [0.1, 0.15) is 41.8 Å². The van der Waals surface area contributed by atoms with E-state index >= 15 is 0 Å². The van der Waals surface area contributed by atoms with E-state index < -0.39 is 23.6 Å². The van der Waals surface area contributed by atoms with Crippen molar-refractivity contribution in [3.05, 3.63) is 58.1 Å². The predicted octanol–water partition coefficient (Wildman–Crippen LogP) is 3.83. The number of benzene rings is 1. The first kappa shape index (κ1) is 23.4. The van der Waals surface area contributed by atoms with Gasteiger partial charge < -0.3 is 27.9 Å². The summed E-state index contributed by atoms with van der Waals surface area (Å²) in [6.07, 6.45) is -1.37. The summed E-state index contributed by atoms with van der Waals surface area (Å²) >= 11 is 6.16. The van der Waals surface area contributed by atoms with Crippen molar-refractivity contribution < 1.29 is 37.5 Å². The highest BCUT2D eigenvalue weighted by Crippen LogP contribution is 2.34. The number of nitrogens with one attached hydrogen (secondary N) is 1. The van der Waals surface area contributed by atoms with Gasteiger partial charge in [0.2, 0.25) is 11.7 Å². The molecular formula is C23H17ClN4O8. The standard InChI is InChI=1S/C23H17ClN4O8/c1-11-17(26-22(31)33-12(2)13-5-3-4-6-14(13)24)15(36-28-11)7-8-16-25-18-19(34-16)27-20(35-18)23(21(29)30)9-32-10-23/h3-6,12H,9-10H2,1-2H3,(H,26,31)(H,29,30). The van der Waals surface area contributed by atoms with Gasteiger partial charge in [-0.2, -0.15) is 9.97 Å². The Morgan fingerprint density at radius 1 is 1.19 bits per heavy atom. The molecule has 13 heteroatoms. The fraction of sp³-hybridized carbons (Fsp3) is 0.261. The van der Waals surface area contributed by atoms with E-state index in [0.29, 0.717) is 16.3 Å². The molecule has 1 atom stereocenters. The molecule has 0 spiro atoms. The van der Waals surface area contributed by atoms with Crippen LogP contribution in [0.15, 0.2) is 37.6 Å². The van der Waals surface area contributed by atoms with Crippen LogP contribution in [0.4, 0.5) is 10.5 Å². The van der Waals surface area contributed by atoms with Gasteiger partial charge in [0.15, 0.2) is 5.41 Å². The van der Waals surface area contributed by atoms with Gasteiger partial charge in [0.05, 0.1) is 13.2 Å². The summed E-state index contributed by atoms with van der Waals surface area (Å²) in [7, 11) is 0. The number of carbonyl (C=O) groups is 2. The Hall–Kier alpha value is -4.34. The Balaban J connectivity index is 1.31. The molecule has 4 heterocycles. The number of ether oxygens (including phenoxy) is 2. The van der Waals surface area contributed by atoms with Gasteiger partial charge in [-0.05, 0) is 25.8 Å². The Bertz CT molecular complexity index is 1510. The van der Waals surface area contributed by atoms with E-state index in [4.69, 9.17) is 34.4 Å². The number of aryl methyl sites for hydroxylation is 1. The highest BCUT2D eigenvalue weighted by molar-refractivity contribution is 6.31. The molecule has 184 valence electrons. The van der Waals surface area contributed by atoms with E-state index in [2.05, 4.69) is 32.3 Å². The average Bonchev–Trinajstić information content (AvgIpc) is 3.45. The van der Waals surface area contributed by atoms with Crippen molar-refractivity contribution in [2.75, 3.05) is 18.5 Å². The van der Waals surface area contributed by atoms with Crippen LogP contribution in [0.5, 0.6) is 0 Å². The number of oxazole rings is 2. The topological polar surface area (TPSA) is 163 Å². The molecule has 3 aromatic heterocycles. The molecule has 2 N–H and O–H groups in total. The number of anilines is 1. The molecule has 36 heavy (non-hydrogen) atoms. The Kier molecular flexibility index (Phi) is 5.87. The van der Waals surface area contributed by atoms with E-state index in [-0.39, 0.29) is 47.9 Å². The molecule has 1 aliphatic rings. The monoisotopic (exact) mass is 512 g/mol. The van der Waals surface area contributed by atoms with Gasteiger partial charge in [0, 0.05) is 16.5 Å². The summed E-state index contributed by atoms with van der Waals surface area (Å²) in [4.78, 5) is 32.2. The number of hydrogen-bond donors (Lipinski definition) is 2. The van der Waals surface area contributed by atoms with Gasteiger partial charge in [-0.15, -0.1) is 0 Å². The van der Waals surface area contributed by atoms with Crippen molar-refractivity contribution in [1.29, 1.82) is 0 Å². The minimum Gasteiger partial charge on any atom is -0.480 e. The number of fused-ring (bicyclic) bond motifs is 1. The van der Waals surface area contributed by atoms with Crippen LogP contribution < -0.4 is 5.32 Å². The first-order chi connectivity index (χ1) is 17.3. The summed E-state index contributed by atoms with van der Waals surface area (Å²) in [5.41, 5.74) is -0.137. The zero-order valence-corrected chi connectivity index (χ0v) is 19.6. The molecule has 0 radical (unpaired) electrons. The maximum absolute atomic E-state index is 12.5. The van der Waals surface area contributed by atoms with Crippen molar-refractivity contribution in [2.45, 2.75) is 25.4 Å². The lowest BCUT2D eigenvalue weighted by atomic mass is 9.86. The molecule has 1 saturated heterocycles. The van der Waals surface area contributed by atoms with Gasteiger partial charge in [-0.1, -0.05) is 35.0 Å². The predicted molar refractivity (Wildman–Crippen MR) is 121 cm³/mol. The number of nitrogens with zero attached hydrogens (tertiary/aromatic N) is 3. The SMILES string of the molecule is Cc1noc(C#Cc2nc3oc(C4(C(=O)O)COC4)nc3o2)c1NC(=O)OC(C)c1ccccc1Cl. The maximum Gasteiger partial charge on any atom is 0.412 e. The van der Waals surface area contributed by atoms with Gasteiger partial charge in [0.1, 0.15) is 17.5 Å². The molecule has 1 unspecified atom stereocenters. The second-order valence-electron chi connectivity index (χ2n) is 7.94.